The Hall–Kier alpha value is -2.91. The van der Waals surface area contributed by atoms with Gasteiger partial charge >= 0.3 is 0 Å². The molecule has 0 unspecified atom stereocenters. The van der Waals surface area contributed by atoms with Crippen molar-refractivity contribution in [2.24, 2.45) is 0 Å². The zero-order valence-electron chi connectivity index (χ0n) is 13.6. The van der Waals surface area contributed by atoms with Gasteiger partial charge in [-0.2, -0.15) is 10.2 Å². The van der Waals surface area contributed by atoms with Gasteiger partial charge in [0.05, 0.1) is 30.7 Å². The average Bonchev–Trinajstić information content (AvgIpc) is 3.31. The molecular formula is C17H14N4O3S2. The maximum Gasteiger partial charge on any atom is 0.271 e. The van der Waals surface area contributed by atoms with Gasteiger partial charge in [-0.25, -0.2) is 8.42 Å². The lowest BCUT2D eigenvalue weighted by Crippen LogP contribution is -2.12. The van der Waals surface area contributed by atoms with E-state index in [1.165, 1.54) is 7.11 Å². The first-order valence-electron chi connectivity index (χ1n) is 7.61. The summed E-state index contributed by atoms with van der Waals surface area (Å²) in [6.07, 6.45) is 3.31. The van der Waals surface area contributed by atoms with Crippen LogP contribution in [0, 0.1) is 0 Å². The van der Waals surface area contributed by atoms with E-state index in [9.17, 15) is 8.42 Å². The van der Waals surface area contributed by atoms with Crippen molar-refractivity contribution in [2.75, 3.05) is 11.8 Å². The molecule has 0 aliphatic carbocycles. The van der Waals surface area contributed by atoms with Crippen LogP contribution in [0.3, 0.4) is 0 Å². The van der Waals surface area contributed by atoms with E-state index in [1.54, 1.807) is 42.0 Å². The zero-order valence-corrected chi connectivity index (χ0v) is 15.3. The summed E-state index contributed by atoms with van der Waals surface area (Å²) in [7, 11) is -2.17. The summed E-state index contributed by atoms with van der Waals surface area (Å²) < 4.78 is 33.2. The fourth-order valence-corrected chi connectivity index (χ4v) is 4.66. The number of sulfonamides is 1. The van der Waals surface area contributed by atoms with Crippen molar-refractivity contribution >= 4 is 38.0 Å². The first-order valence-corrected chi connectivity index (χ1v) is 9.97. The number of H-pyrrole nitrogens is 1. The molecule has 2 N–H and O–H groups in total. The molecule has 9 heteroatoms. The van der Waals surface area contributed by atoms with E-state index < -0.39 is 10.0 Å². The Morgan fingerprint density at radius 1 is 1.15 bits per heavy atom. The maximum atomic E-state index is 12.5. The second kappa shape index (κ2) is 6.43. The first-order chi connectivity index (χ1) is 12.6. The highest BCUT2D eigenvalue weighted by Crippen LogP contribution is 2.33. The lowest BCUT2D eigenvalue weighted by molar-refractivity contribution is 0.417. The molecule has 0 aliphatic rings. The highest BCUT2D eigenvalue weighted by atomic mass is 32.2. The third kappa shape index (κ3) is 3.02. The molecule has 3 aromatic heterocycles. The summed E-state index contributed by atoms with van der Waals surface area (Å²) in [5.41, 5.74) is 2.86. The number of nitrogens with zero attached hydrogens (tertiary/aromatic N) is 2. The van der Waals surface area contributed by atoms with E-state index >= 15 is 0 Å². The number of thiophene rings is 1. The van der Waals surface area contributed by atoms with Crippen LogP contribution in [0.15, 0.2) is 58.4 Å². The van der Waals surface area contributed by atoms with Crippen LogP contribution in [-0.4, -0.2) is 30.7 Å². The maximum absolute atomic E-state index is 12.5. The Kier molecular flexibility index (Phi) is 4.09. The van der Waals surface area contributed by atoms with Gasteiger partial charge < -0.3 is 9.72 Å². The summed E-state index contributed by atoms with van der Waals surface area (Å²) in [6, 6.07) is 10.5. The smallest absolute Gasteiger partial charge is 0.271 e. The molecular weight excluding hydrogens is 372 g/mol. The van der Waals surface area contributed by atoms with Gasteiger partial charge in [-0.15, -0.1) is 11.3 Å². The summed E-state index contributed by atoms with van der Waals surface area (Å²) in [6.45, 7) is 0. The fraction of sp³-hybridized carbons (Fsp3) is 0.0588. The van der Waals surface area contributed by atoms with Crippen molar-refractivity contribution in [3.05, 3.63) is 54.2 Å². The van der Waals surface area contributed by atoms with E-state index in [2.05, 4.69) is 19.9 Å². The Balaban J connectivity index is 1.76. The Labute approximate surface area is 153 Å². The number of hydrogen-bond donors (Lipinski definition) is 2. The van der Waals surface area contributed by atoms with E-state index in [-0.39, 0.29) is 4.21 Å². The number of hydrogen-bond acceptors (Lipinski definition) is 6. The quantitative estimate of drug-likeness (QED) is 0.547. The van der Waals surface area contributed by atoms with Crippen LogP contribution in [0.4, 0.5) is 5.69 Å². The number of fused-ring (bicyclic) bond motifs is 1. The standard InChI is InChI=1S/C17H14N4O3S2/c1-24-16-5-4-11(13-8-12-9-18-19-10-15(12)20-13)7-14(16)21-26(22,23)17-3-2-6-25-17/h2-10,20-21H,1H3. The van der Waals surface area contributed by atoms with Crippen molar-refractivity contribution in [3.8, 4) is 17.0 Å². The molecule has 0 saturated carbocycles. The van der Waals surface area contributed by atoms with Gasteiger partial charge in [-0.3, -0.25) is 4.72 Å². The van der Waals surface area contributed by atoms with Crippen LogP contribution < -0.4 is 9.46 Å². The van der Waals surface area contributed by atoms with E-state index in [1.807, 2.05) is 12.1 Å². The lowest BCUT2D eigenvalue weighted by Gasteiger charge is -2.12. The second-order valence-corrected chi connectivity index (χ2v) is 8.35. The molecule has 1 aromatic carbocycles. The molecule has 3 heterocycles. The van der Waals surface area contributed by atoms with E-state index in [4.69, 9.17) is 4.74 Å². The van der Waals surface area contributed by atoms with Crippen molar-refractivity contribution < 1.29 is 13.2 Å². The van der Waals surface area contributed by atoms with E-state index in [0.29, 0.717) is 11.4 Å². The minimum absolute atomic E-state index is 0.243. The molecule has 0 bridgehead atoms. The molecule has 132 valence electrons. The van der Waals surface area contributed by atoms with Crippen LogP contribution >= 0.6 is 11.3 Å². The number of nitrogens with one attached hydrogen (secondary N) is 2. The van der Waals surface area contributed by atoms with Crippen molar-refractivity contribution in [1.29, 1.82) is 0 Å². The fourth-order valence-electron chi connectivity index (χ4n) is 2.61. The predicted octanol–water partition coefficient (Wildman–Crippen LogP) is 3.50. The molecule has 0 radical (unpaired) electrons. The van der Waals surface area contributed by atoms with Gasteiger partial charge in [0.15, 0.2) is 0 Å². The minimum Gasteiger partial charge on any atom is -0.495 e. The van der Waals surface area contributed by atoms with Crippen molar-refractivity contribution in [3.63, 3.8) is 0 Å². The number of aromatic nitrogens is 3. The van der Waals surface area contributed by atoms with Crippen molar-refractivity contribution in [1.82, 2.24) is 15.2 Å². The third-order valence-electron chi connectivity index (χ3n) is 3.85. The summed E-state index contributed by atoms with van der Waals surface area (Å²) in [5, 5.41) is 10.4. The van der Waals surface area contributed by atoms with Gasteiger partial charge in [-0.1, -0.05) is 6.07 Å². The van der Waals surface area contributed by atoms with Crippen LogP contribution in [0.2, 0.25) is 0 Å². The summed E-state index contributed by atoms with van der Waals surface area (Å²) in [5.74, 6) is 0.438. The topological polar surface area (TPSA) is 97.0 Å². The van der Waals surface area contributed by atoms with Gasteiger partial charge in [-0.05, 0) is 35.7 Å². The predicted molar refractivity (Wildman–Crippen MR) is 101 cm³/mol. The molecule has 4 rings (SSSR count). The van der Waals surface area contributed by atoms with Gasteiger partial charge in [0.2, 0.25) is 0 Å². The van der Waals surface area contributed by atoms with Crippen LogP contribution in [-0.2, 0) is 10.0 Å². The minimum atomic E-state index is -3.67. The molecule has 4 aromatic rings. The number of anilines is 1. The van der Waals surface area contributed by atoms with Crippen LogP contribution in [0.5, 0.6) is 5.75 Å². The van der Waals surface area contributed by atoms with Crippen LogP contribution in [0.1, 0.15) is 0 Å². The summed E-state index contributed by atoms with van der Waals surface area (Å²) in [4.78, 5) is 3.25. The Bertz CT molecular complexity index is 1130. The van der Waals surface area contributed by atoms with E-state index in [0.717, 1.165) is 33.5 Å². The number of ether oxygens (including phenoxy) is 1. The number of benzene rings is 1. The molecule has 0 amide bonds. The Morgan fingerprint density at radius 3 is 2.73 bits per heavy atom. The molecule has 0 atom stereocenters. The van der Waals surface area contributed by atoms with Crippen LogP contribution in [0.25, 0.3) is 22.2 Å². The number of rotatable bonds is 5. The largest absolute Gasteiger partial charge is 0.495 e. The summed E-state index contributed by atoms with van der Waals surface area (Å²) >= 11 is 1.15. The zero-order chi connectivity index (χ0) is 18.1. The molecule has 0 aliphatic heterocycles. The highest BCUT2D eigenvalue weighted by molar-refractivity contribution is 7.94. The highest BCUT2D eigenvalue weighted by Gasteiger charge is 2.18. The molecule has 0 spiro atoms. The second-order valence-electron chi connectivity index (χ2n) is 5.49. The lowest BCUT2D eigenvalue weighted by atomic mass is 10.1. The normalized spacial score (nSPS) is 11.6. The molecule has 0 saturated heterocycles. The average molecular weight is 386 g/mol. The van der Waals surface area contributed by atoms with Gasteiger partial charge in [0.25, 0.3) is 10.0 Å². The monoisotopic (exact) mass is 386 g/mol. The molecule has 26 heavy (non-hydrogen) atoms. The number of aromatic amines is 1. The molecule has 7 nitrogen and oxygen atoms in total. The van der Waals surface area contributed by atoms with Gasteiger partial charge in [0.1, 0.15) is 9.96 Å². The SMILES string of the molecule is COc1ccc(-c2cc3cnncc3[nH]2)cc1NS(=O)(=O)c1cccs1. The third-order valence-corrected chi connectivity index (χ3v) is 6.61. The molecule has 0 fully saturated rings. The van der Waals surface area contributed by atoms with Crippen molar-refractivity contribution in [2.45, 2.75) is 4.21 Å². The Morgan fingerprint density at radius 2 is 2.00 bits per heavy atom. The number of methoxy groups -OCH3 is 1. The first kappa shape index (κ1) is 16.6. The van der Waals surface area contributed by atoms with Gasteiger partial charge in [0, 0.05) is 16.6 Å².